The van der Waals surface area contributed by atoms with Crippen LogP contribution in [0.3, 0.4) is 0 Å². The topological polar surface area (TPSA) is 41.5 Å². The highest BCUT2D eigenvalue weighted by atomic mass is 16.5. The largest absolute Gasteiger partial charge is 0.395 e. The van der Waals surface area contributed by atoms with Gasteiger partial charge < -0.3 is 15.2 Å². The lowest BCUT2D eigenvalue weighted by Crippen LogP contribution is -2.45. The minimum Gasteiger partial charge on any atom is -0.395 e. The third-order valence-corrected chi connectivity index (χ3v) is 3.41. The van der Waals surface area contributed by atoms with Crippen LogP contribution in [-0.4, -0.2) is 37.5 Å². The second kappa shape index (κ2) is 6.15. The lowest BCUT2D eigenvalue weighted by atomic mass is 9.88. The van der Waals surface area contributed by atoms with Gasteiger partial charge in [0.15, 0.2) is 0 Å². The molecule has 3 heteroatoms. The molecule has 0 aliphatic heterocycles. The third-order valence-electron chi connectivity index (χ3n) is 3.41. The Hall–Kier alpha value is -0.900. The van der Waals surface area contributed by atoms with Crippen molar-refractivity contribution in [1.82, 2.24) is 5.32 Å². The first kappa shape index (κ1) is 12.6. The van der Waals surface area contributed by atoms with Crippen molar-refractivity contribution in [1.29, 1.82) is 0 Å². The molecule has 0 amide bonds. The summed E-state index contributed by atoms with van der Waals surface area (Å²) in [5.41, 5.74) is 2.91. The van der Waals surface area contributed by atoms with Gasteiger partial charge in [-0.15, -0.1) is 0 Å². The number of nitrogens with one attached hydrogen (secondary N) is 1. The second-order valence-electron chi connectivity index (χ2n) is 4.71. The molecule has 2 unspecified atom stereocenters. The van der Waals surface area contributed by atoms with Gasteiger partial charge in [-0.05, 0) is 30.4 Å². The van der Waals surface area contributed by atoms with Crippen LogP contribution >= 0.6 is 0 Å². The molecule has 1 aliphatic rings. The van der Waals surface area contributed by atoms with Crippen LogP contribution in [0.4, 0.5) is 0 Å². The Morgan fingerprint density at radius 2 is 2.18 bits per heavy atom. The molecule has 1 aromatic rings. The van der Waals surface area contributed by atoms with Crippen LogP contribution in [0.1, 0.15) is 17.5 Å². The molecule has 0 bridgehead atoms. The van der Waals surface area contributed by atoms with E-state index in [9.17, 15) is 5.11 Å². The van der Waals surface area contributed by atoms with E-state index in [1.807, 2.05) is 0 Å². The van der Waals surface area contributed by atoms with E-state index in [1.54, 1.807) is 7.11 Å². The molecular weight excluding hydrogens is 214 g/mol. The second-order valence-corrected chi connectivity index (χ2v) is 4.71. The number of hydrogen-bond donors (Lipinski definition) is 2. The molecule has 2 atom stereocenters. The van der Waals surface area contributed by atoms with Gasteiger partial charge in [0.1, 0.15) is 0 Å². The molecule has 0 spiro atoms. The fourth-order valence-corrected chi connectivity index (χ4v) is 2.53. The number of rotatable bonds is 5. The summed E-state index contributed by atoms with van der Waals surface area (Å²) in [6.07, 6.45) is 3.31. The molecule has 0 saturated heterocycles. The molecule has 0 radical (unpaired) electrons. The zero-order valence-electron chi connectivity index (χ0n) is 10.4. The Kier molecular flexibility index (Phi) is 4.54. The summed E-state index contributed by atoms with van der Waals surface area (Å²) in [6.45, 7) is 0.695. The first-order valence-electron chi connectivity index (χ1n) is 6.26. The summed E-state index contributed by atoms with van der Waals surface area (Å²) in [5, 5.41) is 12.7. The van der Waals surface area contributed by atoms with Crippen molar-refractivity contribution in [2.24, 2.45) is 0 Å². The molecule has 3 nitrogen and oxygen atoms in total. The van der Waals surface area contributed by atoms with Gasteiger partial charge in [-0.25, -0.2) is 0 Å². The molecule has 2 rings (SSSR count). The van der Waals surface area contributed by atoms with Crippen molar-refractivity contribution in [3.05, 3.63) is 35.4 Å². The van der Waals surface area contributed by atoms with Gasteiger partial charge in [0.05, 0.1) is 19.3 Å². The lowest BCUT2D eigenvalue weighted by Gasteiger charge is -2.28. The Labute approximate surface area is 103 Å². The number of aliphatic hydroxyl groups excluding tert-OH is 1. The quantitative estimate of drug-likeness (QED) is 0.804. The van der Waals surface area contributed by atoms with E-state index in [2.05, 4.69) is 29.6 Å². The SMILES string of the molecule is COCC(CO)NC1CCc2ccccc2C1. The van der Waals surface area contributed by atoms with E-state index >= 15 is 0 Å². The van der Waals surface area contributed by atoms with Gasteiger partial charge in [-0.3, -0.25) is 0 Å². The number of hydrogen-bond acceptors (Lipinski definition) is 3. The molecule has 0 saturated carbocycles. The van der Waals surface area contributed by atoms with Crippen molar-refractivity contribution in [3.8, 4) is 0 Å². The van der Waals surface area contributed by atoms with E-state index in [0.717, 1.165) is 19.3 Å². The first-order valence-corrected chi connectivity index (χ1v) is 6.26. The number of ether oxygens (including phenoxy) is 1. The molecule has 1 aliphatic carbocycles. The molecule has 2 N–H and O–H groups in total. The monoisotopic (exact) mass is 235 g/mol. The van der Waals surface area contributed by atoms with Gasteiger partial charge in [-0.2, -0.15) is 0 Å². The summed E-state index contributed by atoms with van der Waals surface area (Å²) in [4.78, 5) is 0. The fourth-order valence-electron chi connectivity index (χ4n) is 2.53. The molecule has 0 fully saturated rings. The smallest absolute Gasteiger partial charge is 0.0638 e. The van der Waals surface area contributed by atoms with Crippen LogP contribution < -0.4 is 5.32 Å². The van der Waals surface area contributed by atoms with Crippen LogP contribution in [0.25, 0.3) is 0 Å². The molecule has 94 valence electrons. The fraction of sp³-hybridized carbons (Fsp3) is 0.571. The van der Waals surface area contributed by atoms with Gasteiger partial charge >= 0.3 is 0 Å². The standard InChI is InChI=1S/C14H21NO2/c1-17-10-14(9-16)15-13-7-6-11-4-2-3-5-12(11)8-13/h2-5,13-16H,6-10H2,1H3. The predicted molar refractivity (Wildman–Crippen MR) is 68.1 cm³/mol. The number of fused-ring (bicyclic) bond motifs is 1. The zero-order chi connectivity index (χ0) is 12.1. The predicted octanol–water partition coefficient (Wildman–Crippen LogP) is 1.14. The van der Waals surface area contributed by atoms with Crippen molar-refractivity contribution in [3.63, 3.8) is 0 Å². The lowest BCUT2D eigenvalue weighted by molar-refractivity contribution is 0.120. The van der Waals surface area contributed by atoms with Crippen molar-refractivity contribution < 1.29 is 9.84 Å². The van der Waals surface area contributed by atoms with Crippen molar-refractivity contribution >= 4 is 0 Å². The summed E-state index contributed by atoms with van der Waals surface area (Å²) in [7, 11) is 1.67. The number of methoxy groups -OCH3 is 1. The molecular formula is C14H21NO2. The van der Waals surface area contributed by atoms with Crippen LogP contribution in [0.2, 0.25) is 0 Å². The number of aliphatic hydroxyl groups is 1. The summed E-state index contributed by atoms with van der Waals surface area (Å²) >= 11 is 0. The molecule has 0 heterocycles. The highest BCUT2D eigenvalue weighted by molar-refractivity contribution is 5.30. The third kappa shape index (κ3) is 3.28. The highest BCUT2D eigenvalue weighted by Crippen LogP contribution is 2.21. The Balaban J connectivity index is 1.93. The molecule has 0 aromatic heterocycles. The maximum absolute atomic E-state index is 9.24. The average molecular weight is 235 g/mol. The normalized spacial score (nSPS) is 20.9. The average Bonchev–Trinajstić information content (AvgIpc) is 2.38. The Morgan fingerprint density at radius 1 is 1.41 bits per heavy atom. The number of benzene rings is 1. The van der Waals surface area contributed by atoms with Crippen LogP contribution in [0, 0.1) is 0 Å². The van der Waals surface area contributed by atoms with E-state index < -0.39 is 0 Å². The van der Waals surface area contributed by atoms with Gasteiger partial charge in [-0.1, -0.05) is 24.3 Å². The van der Waals surface area contributed by atoms with E-state index in [1.165, 1.54) is 11.1 Å². The molecule has 1 aromatic carbocycles. The van der Waals surface area contributed by atoms with E-state index in [4.69, 9.17) is 4.74 Å². The van der Waals surface area contributed by atoms with Crippen LogP contribution in [-0.2, 0) is 17.6 Å². The van der Waals surface area contributed by atoms with Gasteiger partial charge in [0, 0.05) is 13.2 Å². The van der Waals surface area contributed by atoms with Crippen molar-refractivity contribution in [2.75, 3.05) is 20.3 Å². The zero-order valence-corrected chi connectivity index (χ0v) is 10.4. The Morgan fingerprint density at radius 3 is 2.88 bits per heavy atom. The summed E-state index contributed by atoms with van der Waals surface area (Å²) in [5.74, 6) is 0. The Bertz CT molecular complexity index is 354. The van der Waals surface area contributed by atoms with Crippen LogP contribution in [0.5, 0.6) is 0 Å². The summed E-state index contributed by atoms with van der Waals surface area (Å²) < 4.78 is 5.08. The van der Waals surface area contributed by atoms with Crippen molar-refractivity contribution in [2.45, 2.75) is 31.3 Å². The summed E-state index contributed by atoms with van der Waals surface area (Å²) in [6, 6.07) is 9.12. The van der Waals surface area contributed by atoms with E-state index in [-0.39, 0.29) is 12.6 Å². The first-order chi connectivity index (χ1) is 8.33. The van der Waals surface area contributed by atoms with Gasteiger partial charge in [0.2, 0.25) is 0 Å². The van der Waals surface area contributed by atoms with E-state index in [0.29, 0.717) is 12.6 Å². The maximum atomic E-state index is 9.24. The highest BCUT2D eigenvalue weighted by Gasteiger charge is 2.20. The maximum Gasteiger partial charge on any atom is 0.0638 e. The number of aryl methyl sites for hydroxylation is 1. The molecule has 17 heavy (non-hydrogen) atoms. The minimum atomic E-state index is 0.0512. The minimum absolute atomic E-state index is 0.0512. The van der Waals surface area contributed by atoms with Gasteiger partial charge in [0.25, 0.3) is 0 Å². The van der Waals surface area contributed by atoms with Crippen LogP contribution in [0.15, 0.2) is 24.3 Å².